The number of rotatable bonds is 5. The molecule has 1 aliphatic rings. The third-order valence-electron chi connectivity index (χ3n) is 4.56. The van der Waals surface area contributed by atoms with Gasteiger partial charge in [0.05, 0.1) is 5.02 Å². The molecule has 25 heavy (non-hydrogen) atoms. The fraction of sp³-hybridized carbons (Fsp3) is 0.400. The molecule has 0 aliphatic carbocycles. The monoisotopic (exact) mass is 361 g/mol. The second kappa shape index (κ2) is 7.65. The number of benzene rings is 2. The zero-order valence-electron chi connectivity index (χ0n) is 14.4. The van der Waals surface area contributed by atoms with Crippen molar-refractivity contribution in [1.29, 1.82) is 0 Å². The van der Waals surface area contributed by atoms with Gasteiger partial charge in [0.25, 0.3) is 0 Å². The molecule has 1 atom stereocenters. The highest BCUT2D eigenvalue weighted by Gasteiger charge is 2.34. The fourth-order valence-electron chi connectivity index (χ4n) is 3.25. The van der Waals surface area contributed by atoms with Gasteiger partial charge in [-0.1, -0.05) is 29.8 Å². The number of piperidine rings is 1. The Hall–Kier alpha value is -1.75. The first kappa shape index (κ1) is 18.1. The van der Waals surface area contributed by atoms with E-state index < -0.39 is 5.60 Å². The second-order valence-electron chi connectivity index (χ2n) is 6.93. The molecule has 134 valence electrons. The minimum atomic E-state index is -0.887. The van der Waals surface area contributed by atoms with E-state index in [1.165, 1.54) is 0 Å². The van der Waals surface area contributed by atoms with Gasteiger partial charge in [0, 0.05) is 13.1 Å². The van der Waals surface area contributed by atoms with Gasteiger partial charge in [0.2, 0.25) is 0 Å². The van der Waals surface area contributed by atoms with Gasteiger partial charge < -0.3 is 14.9 Å². The van der Waals surface area contributed by atoms with Gasteiger partial charge in [0.1, 0.15) is 23.7 Å². The van der Waals surface area contributed by atoms with E-state index in [2.05, 4.69) is 4.90 Å². The summed E-state index contributed by atoms with van der Waals surface area (Å²) in [6.45, 7) is 4.44. The predicted molar refractivity (Wildman–Crippen MR) is 99.3 cm³/mol. The molecule has 1 heterocycles. The number of phenols is 1. The van der Waals surface area contributed by atoms with Crippen LogP contribution >= 0.6 is 11.6 Å². The summed E-state index contributed by atoms with van der Waals surface area (Å²) in [5.41, 5.74) is 1.30. The Balaban J connectivity index is 1.60. The molecule has 0 radical (unpaired) electrons. The summed E-state index contributed by atoms with van der Waals surface area (Å²) in [6.07, 6.45) is 1.63. The van der Waals surface area contributed by atoms with Crippen molar-refractivity contribution in [2.45, 2.75) is 31.9 Å². The molecule has 5 heteroatoms. The Morgan fingerprint density at radius 1 is 1.20 bits per heavy atom. The predicted octanol–water partition coefficient (Wildman–Crippen LogP) is 3.76. The summed E-state index contributed by atoms with van der Waals surface area (Å²) in [7, 11) is 0. The Morgan fingerprint density at radius 2 is 1.96 bits per heavy atom. The van der Waals surface area contributed by atoms with Crippen LogP contribution in [-0.2, 0) is 6.54 Å². The summed E-state index contributed by atoms with van der Waals surface area (Å²) in [5.74, 6) is 0.882. The zero-order chi connectivity index (χ0) is 17.9. The Bertz CT molecular complexity index is 719. The number of likely N-dealkylation sites (tertiary alicyclic amines) is 1. The summed E-state index contributed by atoms with van der Waals surface area (Å²) >= 11 is 6.17. The van der Waals surface area contributed by atoms with Crippen molar-refractivity contribution in [3.8, 4) is 11.5 Å². The number of aliphatic hydroxyl groups is 1. The van der Waals surface area contributed by atoms with Gasteiger partial charge in [-0.25, -0.2) is 0 Å². The van der Waals surface area contributed by atoms with E-state index in [-0.39, 0.29) is 12.4 Å². The third kappa shape index (κ3) is 4.88. The van der Waals surface area contributed by atoms with E-state index >= 15 is 0 Å². The highest BCUT2D eigenvalue weighted by Crippen LogP contribution is 2.28. The second-order valence-corrected chi connectivity index (χ2v) is 7.33. The van der Waals surface area contributed by atoms with Crippen LogP contribution in [0.5, 0.6) is 11.5 Å². The zero-order valence-corrected chi connectivity index (χ0v) is 15.2. The smallest absolute Gasteiger partial charge is 0.138 e. The third-order valence-corrected chi connectivity index (χ3v) is 4.87. The largest absolute Gasteiger partial charge is 0.508 e. The van der Waals surface area contributed by atoms with E-state index in [0.29, 0.717) is 23.7 Å². The number of halogens is 1. The number of β-amino-alcohol motifs (C(OH)–C–C–N with tert-alkyl or cyclic N) is 1. The van der Waals surface area contributed by atoms with Gasteiger partial charge in [-0.15, -0.1) is 0 Å². The van der Waals surface area contributed by atoms with Gasteiger partial charge >= 0.3 is 0 Å². The molecule has 0 aromatic heterocycles. The highest BCUT2D eigenvalue weighted by molar-refractivity contribution is 6.32. The number of nitrogens with zero attached hydrogens (tertiary/aromatic N) is 1. The molecule has 0 amide bonds. The lowest BCUT2D eigenvalue weighted by molar-refractivity contribution is -0.0620. The lowest BCUT2D eigenvalue weighted by Crippen LogP contribution is -2.51. The highest BCUT2D eigenvalue weighted by atomic mass is 35.5. The van der Waals surface area contributed by atoms with Gasteiger partial charge in [-0.2, -0.15) is 0 Å². The first-order chi connectivity index (χ1) is 11.9. The molecule has 0 unspecified atom stereocenters. The summed E-state index contributed by atoms with van der Waals surface area (Å²) in [6, 6.07) is 12.8. The Kier molecular flexibility index (Phi) is 5.52. The normalized spacial score (nSPS) is 21.2. The van der Waals surface area contributed by atoms with Gasteiger partial charge in [-0.3, -0.25) is 4.90 Å². The number of aryl methyl sites for hydroxylation is 1. The number of ether oxygens (including phenoxy) is 1. The summed E-state index contributed by atoms with van der Waals surface area (Å²) in [5, 5.41) is 20.9. The maximum atomic E-state index is 10.9. The van der Waals surface area contributed by atoms with E-state index in [4.69, 9.17) is 16.3 Å². The van der Waals surface area contributed by atoms with Crippen molar-refractivity contribution in [3.63, 3.8) is 0 Å². The van der Waals surface area contributed by atoms with Crippen molar-refractivity contribution in [2.75, 3.05) is 19.7 Å². The molecule has 1 aliphatic heterocycles. The molecule has 0 spiro atoms. The van der Waals surface area contributed by atoms with E-state index in [1.54, 1.807) is 12.1 Å². The molecule has 3 rings (SSSR count). The van der Waals surface area contributed by atoms with Crippen LogP contribution in [0.25, 0.3) is 0 Å². The average molecular weight is 362 g/mol. The van der Waals surface area contributed by atoms with Crippen LogP contribution in [0.15, 0.2) is 42.5 Å². The maximum Gasteiger partial charge on any atom is 0.138 e. The van der Waals surface area contributed by atoms with Gasteiger partial charge in [-0.05, 0) is 61.7 Å². The minimum Gasteiger partial charge on any atom is -0.508 e. The molecular formula is C20H24ClNO3. The fourth-order valence-corrected chi connectivity index (χ4v) is 3.42. The summed E-state index contributed by atoms with van der Waals surface area (Å²) in [4.78, 5) is 2.22. The van der Waals surface area contributed by atoms with Crippen molar-refractivity contribution >= 4 is 11.6 Å². The van der Waals surface area contributed by atoms with Crippen LogP contribution in [0.4, 0.5) is 0 Å². The molecule has 2 aromatic carbocycles. The first-order valence-corrected chi connectivity index (χ1v) is 8.93. The molecule has 1 saturated heterocycles. The van der Waals surface area contributed by atoms with Crippen molar-refractivity contribution < 1.29 is 14.9 Å². The van der Waals surface area contributed by atoms with Gasteiger partial charge in [0.15, 0.2) is 0 Å². The van der Waals surface area contributed by atoms with Crippen LogP contribution < -0.4 is 4.74 Å². The van der Waals surface area contributed by atoms with Crippen molar-refractivity contribution in [2.24, 2.45) is 0 Å². The number of phenolic OH excluding ortho intramolecular Hbond substituents is 1. The standard InChI is InChI=1S/C20H24ClNO3/c1-15-3-8-18(21)19(11-15)25-14-20(24)9-2-10-22(13-20)12-16-4-6-17(23)7-5-16/h3-8,11,23-24H,2,9-10,12-14H2,1H3/t20-/m0/s1. The van der Waals surface area contributed by atoms with Crippen molar-refractivity contribution in [3.05, 3.63) is 58.6 Å². The van der Waals surface area contributed by atoms with Crippen LogP contribution in [-0.4, -0.2) is 40.4 Å². The average Bonchev–Trinajstić information content (AvgIpc) is 2.58. The quantitative estimate of drug-likeness (QED) is 0.851. The molecule has 0 saturated carbocycles. The number of aromatic hydroxyl groups is 1. The van der Waals surface area contributed by atoms with Crippen LogP contribution in [0, 0.1) is 6.92 Å². The Labute approximate surface area is 153 Å². The first-order valence-electron chi connectivity index (χ1n) is 8.55. The topological polar surface area (TPSA) is 52.9 Å². The molecule has 1 fully saturated rings. The van der Waals surface area contributed by atoms with Crippen LogP contribution in [0.3, 0.4) is 0 Å². The molecular weight excluding hydrogens is 338 g/mol. The minimum absolute atomic E-state index is 0.224. The van der Waals surface area contributed by atoms with Crippen LogP contribution in [0.2, 0.25) is 5.02 Å². The molecule has 4 nitrogen and oxygen atoms in total. The molecule has 0 bridgehead atoms. The maximum absolute atomic E-state index is 10.9. The lowest BCUT2D eigenvalue weighted by Gasteiger charge is -2.39. The Morgan fingerprint density at radius 3 is 2.72 bits per heavy atom. The molecule has 2 aromatic rings. The SMILES string of the molecule is Cc1ccc(Cl)c(OC[C@]2(O)CCCN(Cc3ccc(O)cc3)C2)c1. The number of hydrogen-bond donors (Lipinski definition) is 2. The van der Waals surface area contributed by atoms with E-state index in [0.717, 1.165) is 30.6 Å². The lowest BCUT2D eigenvalue weighted by atomic mass is 9.93. The summed E-state index contributed by atoms with van der Waals surface area (Å²) < 4.78 is 5.83. The molecule has 2 N–H and O–H groups in total. The van der Waals surface area contributed by atoms with E-state index in [1.807, 2.05) is 37.3 Å². The van der Waals surface area contributed by atoms with Crippen LogP contribution in [0.1, 0.15) is 24.0 Å². The van der Waals surface area contributed by atoms with E-state index in [9.17, 15) is 10.2 Å². The number of hydrogen-bond acceptors (Lipinski definition) is 4. The van der Waals surface area contributed by atoms with Crippen molar-refractivity contribution in [1.82, 2.24) is 4.90 Å².